The fourth-order valence-electron chi connectivity index (χ4n) is 3.39. The fourth-order valence-corrected chi connectivity index (χ4v) is 3.95. The van der Waals surface area contributed by atoms with E-state index >= 15 is 0 Å². The monoisotopic (exact) mass is 382 g/mol. The van der Waals surface area contributed by atoms with Gasteiger partial charge in [-0.05, 0) is 31.5 Å². The zero-order valence-electron chi connectivity index (χ0n) is 15.2. The van der Waals surface area contributed by atoms with Crippen LogP contribution in [0.1, 0.15) is 18.7 Å². The van der Waals surface area contributed by atoms with Crippen LogP contribution in [0.5, 0.6) is 0 Å². The molecule has 1 saturated heterocycles. The van der Waals surface area contributed by atoms with Gasteiger partial charge in [-0.2, -0.15) is 0 Å². The minimum absolute atomic E-state index is 0.00908. The van der Waals surface area contributed by atoms with Crippen LogP contribution < -0.4 is 5.32 Å². The second kappa shape index (κ2) is 7.98. The average molecular weight is 382 g/mol. The molecule has 0 radical (unpaired) electrons. The van der Waals surface area contributed by atoms with Gasteiger partial charge in [-0.3, -0.25) is 9.69 Å². The fraction of sp³-hybridized carbons (Fsp3) is 0.368. The number of rotatable bonds is 5. The lowest BCUT2D eigenvalue weighted by molar-refractivity contribution is -0.121. The molecule has 4 rings (SSSR count). The van der Waals surface area contributed by atoms with Gasteiger partial charge in [0.05, 0.1) is 23.7 Å². The summed E-state index contributed by atoms with van der Waals surface area (Å²) < 4.78 is 1.92. The van der Waals surface area contributed by atoms with E-state index in [1.165, 1.54) is 0 Å². The Balaban J connectivity index is 1.35. The Morgan fingerprint density at radius 1 is 1.33 bits per heavy atom. The number of nitrogens with one attached hydrogen (secondary N) is 1. The lowest BCUT2D eigenvalue weighted by Gasteiger charge is -2.31. The average Bonchev–Trinajstić information content (AvgIpc) is 3.35. The lowest BCUT2D eigenvalue weighted by atomic mass is 9.97. The molecular weight excluding hydrogens is 360 g/mol. The topological polar surface area (TPSA) is 75.9 Å². The smallest absolute Gasteiger partial charge is 0.228 e. The summed E-state index contributed by atoms with van der Waals surface area (Å²) in [5, 5.41) is 13.1. The maximum Gasteiger partial charge on any atom is 0.228 e. The predicted molar refractivity (Wildman–Crippen MR) is 105 cm³/mol. The van der Waals surface area contributed by atoms with E-state index in [1.807, 2.05) is 46.8 Å². The summed E-state index contributed by atoms with van der Waals surface area (Å²) in [6.45, 7) is 2.46. The van der Waals surface area contributed by atoms with Crippen LogP contribution in [0.3, 0.4) is 0 Å². The molecule has 0 bridgehead atoms. The van der Waals surface area contributed by atoms with Crippen molar-refractivity contribution in [1.82, 2.24) is 24.6 Å². The van der Waals surface area contributed by atoms with Crippen molar-refractivity contribution in [2.24, 2.45) is 13.0 Å². The molecule has 7 nitrogen and oxygen atoms in total. The molecule has 1 atom stereocenters. The highest BCUT2D eigenvalue weighted by atomic mass is 32.1. The number of aryl methyl sites for hydroxylation is 1. The molecule has 0 aliphatic carbocycles. The van der Waals surface area contributed by atoms with Gasteiger partial charge in [0, 0.05) is 30.2 Å². The number of likely N-dealkylation sites (tertiary alicyclic amines) is 1. The Bertz CT molecular complexity index is 889. The molecule has 27 heavy (non-hydrogen) atoms. The van der Waals surface area contributed by atoms with Crippen molar-refractivity contribution in [1.29, 1.82) is 0 Å². The number of nitrogens with zero attached hydrogens (tertiary/aromatic N) is 5. The molecule has 0 unspecified atom stereocenters. The maximum absolute atomic E-state index is 12.7. The first-order valence-corrected chi connectivity index (χ1v) is 9.98. The van der Waals surface area contributed by atoms with Crippen molar-refractivity contribution < 1.29 is 4.79 Å². The largest absolute Gasteiger partial charge is 0.326 e. The van der Waals surface area contributed by atoms with Crippen molar-refractivity contribution in [3.05, 3.63) is 47.3 Å². The molecule has 8 heteroatoms. The number of carbonyl (C=O) groups is 1. The van der Waals surface area contributed by atoms with Crippen molar-refractivity contribution in [2.75, 3.05) is 18.4 Å². The van der Waals surface area contributed by atoms with Gasteiger partial charge in [0.2, 0.25) is 5.91 Å². The first-order valence-electron chi connectivity index (χ1n) is 9.04. The summed E-state index contributed by atoms with van der Waals surface area (Å²) in [7, 11) is 1.94. The van der Waals surface area contributed by atoms with Gasteiger partial charge in [0.1, 0.15) is 12.2 Å². The highest BCUT2D eigenvalue weighted by Gasteiger charge is 2.26. The molecule has 1 N–H and O–H groups in total. The Kier molecular flexibility index (Phi) is 5.26. The molecule has 1 aliphatic rings. The van der Waals surface area contributed by atoms with Crippen LogP contribution in [0.15, 0.2) is 41.5 Å². The van der Waals surface area contributed by atoms with E-state index in [1.54, 1.807) is 17.7 Å². The number of aromatic nitrogens is 4. The van der Waals surface area contributed by atoms with Gasteiger partial charge < -0.3 is 9.88 Å². The number of thiazole rings is 1. The summed E-state index contributed by atoms with van der Waals surface area (Å²) in [6.07, 6.45) is 3.63. The van der Waals surface area contributed by atoms with Crippen molar-refractivity contribution in [2.45, 2.75) is 19.4 Å². The summed E-state index contributed by atoms with van der Waals surface area (Å²) in [6, 6.07) is 7.86. The first kappa shape index (κ1) is 17.8. The zero-order chi connectivity index (χ0) is 18.6. The summed E-state index contributed by atoms with van der Waals surface area (Å²) in [5.41, 5.74) is 4.66. The van der Waals surface area contributed by atoms with E-state index in [0.717, 1.165) is 55.2 Å². The number of anilines is 1. The number of benzene rings is 1. The molecule has 1 aliphatic heterocycles. The van der Waals surface area contributed by atoms with E-state index in [9.17, 15) is 4.79 Å². The lowest BCUT2D eigenvalue weighted by Crippen LogP contribution is -2.40. The van der Waals surface area contributed by atoms with Crippen LogP contribution in [0.4, 0.5) is 5.69 Å². The number of hydrogen-bond acceptors (Lipinski definition) is 6. The molecule has 1 amide bonds. The molecule has 0 spiro atoms. The van der Waals surface area contributed by atoms with Gasteiger partial charge in [-0.1, -0.05) is 12.1 Å². The highest BCUT2D eigenvalue weighted by Crippen LogP contribution is 2.23. The third kappa shape index (κ3) is 4.23. The van der Waals surface area contributed by atoms with Crippen LogP contribution in [-0.2, 0) is 18.4 Å². The van der Waals surface area contributed by atoms with Crippen LogP contribution in [0, 0.1) is 5.92 Å². The number of hydrogen-bond donors (Lipinski definition) is 1. The maximum atomic E-state index is 12.7. The van der Waals surface area contributed by atoms with Gasteiger partial charge in [0.25, 0.3) is 0 Å². The van der Waals surface area contributed by atoms with Gasteiger partial charge in [-0.25, -0.2) is 4.98 Å². The van der Waals surface area contributed by atoms with Crippen molar-refractivity contribution in [3.63, 3.8) is 0 Å². The summed E-state index contributed by atoms with van der Waals surface area (Å²) >= 11 is 1.57. The summed E-state index contributed by atoms with van der Waals surface area (Å²) in [4.78, 5) is 19.3. The van der Waals surface area contributed by atoms with Gasteiger partial charge >= 0.3 is 0 Å². The van der Waals surface area contributed by atoms with Gasteiger partial charge in [-0.15, -0.1) is 21.5 Å². The first-order chi connectivity index (χ1) is 13.2. The molecule has 3 aromatic rings. The molecule has 1 fully saturated rings. The standard InChI is InChI=1S/C19H22N6OS/c1-24-12-21-23-18(24)10-25-8-2-3-15(9-25)19(26)22-16-6-4-14(5-7-16)17-11-27-13-20-17/h4-7,11-13,15H,2-3,8-10H2,1H3,(H,22,26)/t15-/m0/s1. The van der Waals surface area contributed by atoms with Crippen LogP contribution in [0.2, 0.25) is 0 Å². The molecule has 3 heterocycles. The molecular formula is C19H22N6OS. The van der Waals surface area contributed by atoms with Crippen molar-refractivity contribution in [3.8, 4) is 11.3 Å². The molecule has 0 saturated carbocycles. The normalized spacial score (nSPS) is 17.7. The van der Waals surface area contributed by atoms with E-state index in [4.69, 9.17) is 0 Å². The van der Waals surface area contributed by atoms with E-state index < -0.39 is 0 Å². The van der Waals surface area contributed by atoms with E-state index in [-0.39, 0.29) is 11.8 Å². The quantitative estimate of drug-likeness (QED) is 0.734. The predicted octanol–water partition coefficient (Wildman–Crippen LogP) is 2.79. The Labute approximate surface area is 162 Å². The van der Waals surface area contributed by atoms with Crippen molar-refractivity contribution >= 4 is 22.9 Å². The Morgan fingerprint density at radius 2 is 2.19 bits per heavy atom. The number of carbonyl (C=O) groups excluding carboxylic acids is 1. The van der Waals surface area contributed by atoms with Gasteiger partial charge in [0.15, 0.2) is 0 Å². The molecule has 2 aromatic heterocycles. The Morgan fingerprint density at radius 3 is 2.89 bits per heavy atom. The third-order valence-electron chi connectivity index (χ3n) is 4.93. The minimum Gasteiger partial charge on any atom is -0.326 e. The third-order valence-corrected chi connectivity index (χ3v) is 5.51. The summed E-state index contributed by atoms with van der Waals surface area (Å²) in [5.74, 6) is 0.998. The van der Waals surface area contributed by atoms with E-state index in [2.05, 4.69) is 25.4 Å². The second-order valence-electron chi connectivity index (χ2n) is 6.87. The number of amides is 1. The minimum atomic E-state index is -0.00908. The molecule has 1 aromatic carbocycles. The highest BCUT2D eigenvalue weighted by molar-refractivity contribution is 7.07. The molecule has 140 valence electrons. The van der Waals surface area contributed by atoms with Crippen LogP contribution in [-0.4, -0.2) is 43.6 Å². The SMILES string of the molecule is Cn1cnnc1CN1CCC[C@H](C(=O)Nc2ccc(-c3cscn3)cc2)C1. The van der Waals surface area contributed by atoms with Crippen LogP contribution >= 0.6 is 11.3 Å². The number of piperidine rings is 1. The Hall–Kier alpha value is -2.58. The second-order valence-corrected chi connectivity index (χ2v) is 7.59. The van der Waals surface area contributed by atoms with Crippen LogP contribution in [0.25, 0.3) is 11.3 Å². The zero-order valence-corrected chi connectivity index (χ0v) is 16.0. The van der Waals surface area contributed by atoms with E-state index in [0.29, 0.717) is 0 Å².